The number of nitrogens with one attached hydrogen (secondary N) is 4. The molecule has 6 heterocycles. The molecule has 7 rings (SSSR count). The number of morpholine rings is 1. The van der Waals surface area contributed by atoms with Crippen LogP contribution >= 0.6 is 0 Å². The van der Waals surface area contributed by atoms with E-state index in [9.17, 15) is 9.59 Å². The lowest BCUT2D eigenvalue weighted by Crippen LogP contribution is -2.72. The fourth-order valence-electron chi connectivity index (χ4n) is 7.48. The highest BCUT2D eigenvalue weighted by Crippen LogP contribution is 2.35. The second kappa shape index (κ2) is 10.6. The van der Waals surface area contributed by atoms with Crippen LogP contribution in [0.15, 0.2) is 30.4 Å². The lowest BCUT2D eigenvalue weighted by molar-refractivity contribution is -0.179. The first-order valence-electron chi connectivity index (χ1n) is 15.2. The predicted octanol–water partition coefficient (Wildman–Crippen LogP) is 0.813. The van der Waals surface area contributed by atoms with E-state index in [0.717, 1.165) is 44.5 Å². The van der Waals surface area contributed by atoms with Gasteiger partial charge in [0.25, 0.3) is 0 Å². The minimum Gasteiger partial charge on any atom is -0.365 e. The molecule has 1 aromatic carbocycles. The second-order valence-electron chi connectivity index (χ2n) is 13.4. The number of allylic oxidation sites excluding steroid dienone is 1. The zero-order chi connectivity index (χ0) is 28.3. The zero-order valence-corrected chi connectivity index (χ0v) is 24.4. The smallest absolute Gasteiger partial charge is 0.249 e. The summed E-state index contributed by atoms with van der Waals surface area (Å²) >= 11 is 0. The number of anilines is 1. The van der Waals surface area contributed by atoms with Crippen LogP contribution in [0.4, 0.5) is 5.69 Å². The van der Waals surface area contributed by atoms with Crippen molar-refractivity contribution in [3.63, 3.8) is 0 Å². The molecule has 1 aromatic rings. The van der Waals surface area contributed by atoms with Crippen molar-refractivity contribution in [3.8, 4) is 0 Å². The van der Waals surface area contributed by atoms with Crippen LogP contribution in [0.2, 0.25) is 0 Å². The average molecular weight is 565 g/mol. The van der Waals surface area contributed by atoms with Crippen molar-refractivity contribution in [3.05, 3.63) is 41.5 Å². The monoisotopic (exact) mass is 564 g/mol. The lowest BCUT2D eigenvalue weighted by atomic mass is 9.87. The molecule has 11 heteroatoms. The Morgan fingerprint density at radius 2 is 1.95 bits per heavy atom. The molecule has 4 saturated heterocycles. The van der Waals surface area contributed by atoms with Gasteiger partial charge in [-0.25, -0.2) is 0 Å². The molecule has 4 N–H and O–H groups in total. The molecule has 0 radical (unpaired) electrons. The van der Waals surface area contributed by atoms with Crippen LogP contribution < -0.4 is 21.3 Å². The molecule has 41 heavy (non-hydrogen) atoms. The van der Waals surface area contributed by atoms with E-state index in [0.29, 0.717) is 19.6 Å². The standard InChI is InChI=1S/C30H44N8O3/c1-30(2)11-4-5-12-37-28(40)22-15-31-29(32-21-7-6-19-10-13-35(3)16-20(19)14-21)34-26(22)38(37)24-9-8-23-27(33-24)36(18-30)25(39)17-41-23/h4-7,14,22-24,26-27,29,31-34H,8-13,15-18H2,1-3H3/b5-4-. The molecule has 222 valence electrons. The molecule has 6 aliphatic heterocycles. The molecule has 0 spiro atoms. The Morgan fingerprint density at radius 3 is 2.83 bits per heavy atom. The number of rotatable bonds is 2. The number of amides is 2. The summed E-state index contributed by atoms with van der Waals surface area (Å²) in [5, 5.41) is 18.8. The number of carbonyl (C=O) groups excluding carboxylic acids is 2. The molecule has 0 aromatic heterocycles. The van der Waals surface area contributed by atoms with Gasteiger partial charge in [-0.3, -0.25) is 30.5 Å². The van der Waals surface area contributed by atoms with E-state index in [2.05, 4.69) is 82.4 Å². The first-order chi connectivity index (χ1) is 19.8. The van der Waals surface area contributed by atoms with Crippen molar-refractivity contribution in [1.29, 1.82) is 0 Å². The summed E-state index contributed by atoms with van der Waals surface area (Å²) in [4.78, 5) is 31.2. The summed E-state index contributed by atoms with van der Waals surface area (Å²) in [5.74, 6) is -0.0516. The number of hydrogen-bond donors (Lipinski definition) is 4. The molecule has 2 amide bonds. The van der Waals surface area contributed by atoms with Crippen LogP contribution in [0, 0.1) is 11.3 Å². The van der Waals surface area contributed by atoms with Crippen LogP contribution in [0.25, 0.3) is 0 Å². The Kier molecular flexibility index (Phi) is 7.08. The second-order valence-corrected chi connectivity index (χ2v) is 13.4. The van der Waals surface area contributed by atoms with Gasteiger partial charge in [0.15, 0.2) is 0 Å². The number of carbonyl (C=O) groups is 2. The summed E-state index contributed by atoms with van der Waals surface area (Å²) in [6.07, 6.45) is 7.14. The Morgan fingerprint density at radius 1 is 1.07 bits per heavy atom. The molecule has 6 aliphatic rings. The van der Waals surface area contributed by atoms with Crippen molar-refractivity contribution in [2.24, 2.45) is 11.3 Å². The molecule has 6 unspecified atom stereocenters. The number of fused-ring (bicyclic) bond motifs is 6. The molecule has 11 nitrogen and oxygen atoms in total. The molecule has 2 bridgehead atoms. The molecule has 0 saturated carbocycles. The highest BCUT2D eigenvalue weighted by Gasteiger charge is 2.54. The molecular weight excluding hydrogens is 520 g/mol. The average Bonchev–Trinajstić information content (AvgIpc) is 3.22. The highest BCUT2D eigenvalue weighted by molar-refractivity contribution is 5.82. The van der Waals surface area contributed by atoms with Crippen molar-refractivity contribution in [2.75, 3.05) is 45.2 Å². The fourth-order valence-corrected chi connectivity index (χ4v) is 7.48. The van der Waals surface area contributed by atoms with Crippen molar-refractivity contribution < 1.29 is 14.3 Å². The molecule has 6 atom stereocenters. The van der Waals surface area contributed by atoms with E-state index < -0.39 is 0 Å². The highest BCUT2D eigenvalue weighted by atomic mass is 16.5. The van der Waals surface area contributed by atoms with Crippen LogP contribution in [0.1, 0.15) is 44.2 Å². The van der Waals surface area contributed by atoms with Crippen LogP contribution in [0.5, 0.6) is 0 Å². The number of hydrogen-bond acceptors (Lipinski definition) is 9. The quantitative estimate of drug-likeness (QED) is 0.389. The van der Waals surface area contributed by atoms with Gasteiger partial charge in [0.2, 0.25) is 11.8 Å². The molecular formula is C30H44N8O3. The van der Waals surface area contributed by atoms with E-state index in [1.165, 1.54) is 11.1 Å². The van der Waals surface area contributed by atoms with Crippen molar-refractivity contribution in [2.45, 2.75) is 77.0 Å². The maximum Gasteiger partial charge on any atom is 0.249 e. The van der Waals surface area contributed by atoms with Gasteiger partial charge >= 0.3 is 0 Å². The minimum atomic E-state index is -0.210. The third kappa shape index (κ3) is 5.17. The lowest BCUT2D eigenvalue weighted by Gasteiger charge is -2.51. The van der Waals surface area contributed by atoms with E-state index in [1.54, 1.807) is 0 Å². The van der Waals surface area contributed by atoms with Crippen LogP contribution in [0.3, 0.4) is 0 Å². The zero-order valence-electron chi connectivity index (χ0n) is 24.4. The maximum absolute atomic E-state index is 13.8. The van der Waals surface area contributed by atoms with Crippen molar-refractivity contribution in [1.82, 2.24) is 35.8 Å². The molecule has 4 fully saturated rings. The Balaban J connectivity index is 1.15. The Hall–Kier alpha value is -2.54. The predicted molar refractivity (Wildman–Crippen MR) is 155 cm³/mol. The minimum absolute atomic E-state index is 0.0289. The third-order valence-electron chi connectivity index (χ3n) is 9.67. The topological polar surface area (TPSA) is 104 Å². The van der Waals surface area contributed by atoms with E-state index >= 15 is 0 Å². The number of piperidine rings is 1. The third-order valence-corrected chi connectivity index (χ3v) is 9.67. The number of hydrazine groups is 1. The number of nitrogens with zero attached hydrogens (tertiary/aromatic N) is 4. The SMILES string of the molecule is CN1CCc2ccc(NC3NCC4C(=O)N5C/C=C\CC(C)(C)CN6C(=O)COC7CCC(NC76)N5C4N3)cc2C1. The van der Waals surface area contributed by atoms with Crippen LogP contribution in [-0.4, -0.2) is 102 Å². The summed E-state index contributed by atoms with van der Waals surface area (Å²) in [5.41, 5.74) is 3.77. The first kappa shape index (κ1) is 27.3. The maximum atomic E-state index is 13.8. The van der Waals surface area contributed by atoms with Crippen LogP contribution in [-0.2, 0) is 27.3 Å². The van der Waals surface area contributed by atoms with Gasteiger partial charge < -0.3 is 19.9 Å². The van der Waals surface area contributed by atoms with Gasteiger partial charge in [0.1, 0.15) is 19.1 Å². The summed E-state index contributed by atoms with van der Waals surface area (Å²) in [6.45, 7) is 8.37. The van der Waals surface area contributed by atoms with E-state index in [1.807, 2.05) is 9.91 Å². The van der Waals surface area contributed by atoms with Gasteiger partial charge in [0, 0.05) is 31.9 Å². The summed E-state index contributed by atoms with van der Waals surface area (Å²) < 4.78 is 6.00. The number of benzene rings is 1. The summed E-state index contributed by atoms with van der Waals surface area (Å²) in [7, 11) is 2.17. The van der Waals surface area contributed by atoms with E-state index in [-0.39, 0.29) is 60.6 Å². The fraction of sp³-hybridized carbons (Fsp3) is 0.667. The summed E-state index contributed by atoms with van der Waals surface area (Å²) in [6, 6.07) is 6.65. The van der Waals surface area contributed by atoms with E-state index in [4.69, 9.17) is 4.74 Å². The normalized spacial score (nSPS) is 36.5. The van der Waals surface area contributed by atoms with Gasteiger partial charge in [-0.1, -0.05) is 32.1 Å². The molecule has 0 aliphatic carbocycles. The van der Waals surface area contributed by atoms with Gasteiger partial charge in [-0.05, 0) is 61.4 Å². The number of ether oxygens (including phenoxy) is 1. The van der Waals surface area contributed by atoms with Gasteiger partial charge in [0.05, 0.1) is 30.9 Å². The Labute approximate surface area is 242 Å². The largest absolute Gasteiger partial charge is 0.365 e. The van der Waals surface area contributed by atoms with Gasteiger partial charge in [-0.15, -0.1) is 0 Å². The Bertz CT molecular complexity index is 1220. The first-order valence-corrected chi connectivity index (χ1v) is 15.2. The van der Waals surface area contributed by atoms with Gasteiger partial charge in [-0.2, -0.15) is 5.01 Å². The number of likely N-dealkylation sites (N-methyl/N-ethyl adjacent to an activating group) is 1. The van der Waals surface area contributed by atoms with Crippen molar-refractivity contribution >= 4 is 17.5 Å².